The Labute approximate surface area is 258 Å². The third-order valence-electron chi connectivity index (χ3n) is 6.12. The number of aromatic nitrogens is 3. The molecular weight excluding hydrogens is 621 g/mol. The maximum Gasteiger partial charge on any atom is 0.433 e. The Kier molecular flexibility index (Phi) is 11.9. The number of H-pyrrole nitrogens is 1. The number of rotatable bonds is 2. The third-order valence-corrected chi connectivity index (χ3v) is 6.12. The number of fused-ring (bicyclic) bond motifs is 1. The van der Waals surface area contributed by atoms with Crippen molar-refractivity contribution in [2.45, 2.75) is 33.1 Å². The molecule has 14 heteroatoms. The molecule has 0 bridgehead atoms. The molecule has 2 aromatic carbocycles. The summed E-state index contributed by atoms with van der Waals surface area (Å²) < 4.78 is 74.5. The summed E-state index contributed by atoms with van der Waals surface area (Å²) in [4.78, 5) is 35.1. The van der Waals surface area contributed by atoms with E-state index in [1.807, 2.05) is 50.2 Å². The average Bonchev–Trinajstić information content (AvgIpc) is 2.97. The molecule has 0 unspecified atom stereocenters. The first-order valence-corrected chi connectivity index (χ1v) is 12.9. The van der Waals surface area contributed by atoms with Gasteiger partial charge in [0.25, 0.3) is 5.56 Å². The van der Waals surface area contributed by atoms with Gasteiger partial charge in [0.1, 0.15) is 11.4 Å². The maximum atomic E-state index is 12.7. The van der Waals surface area contributed by atoms with Crippen molar-refractivity contribution in [2.24, 2.45) is 0 Å². The number of pyridine rings is 3. The Morgan fingerprint density at radius 1 is 0.804 bits per heavy atom. The summed E-state index contributed by atoms with van der Waals surface area (Å²) in [6.45, 7) is 11.8. The number of carbonyl (C=O) groups is 1. The zero-order valence-corrected chi connectivity index (χ0v) is 24.3. The number of nitrogens with zero attached hydrogens (tertiary/aromatic N) is 3. The van der Waals surface area contributed by atoms with E-state index >= 15 is 0 Å². The number of alkyl halides is 6. The van der Waals surface area contributed by atoms with Gasteiger partial charge in [-0.1, -0.05) is 59.7 Å². The number of carboxylic acid groups (broad SMARTS) is 1. The average molecular weight is 651 g/mol. The Hall–Kier alpha value is -5.58. The van der Waals surface area contributed by atoms with Crippen LogP contribution in [-0.4, -0.2) is 26.0 Å². The predicted octanol–water partition coefficient (Wildman–Crippen LogP) is 8.97. The fourth-order valence-electron chi connectivity index (χ4n) is 3.75. The molecule has 0 saturated heterocycles. The van der Waals surface area contributed by atoms with Crippen LogP contribution in [-0.2, 0) is 12.4 Å². The summed E-state index contributed by atoms with van der Waals surface area (Å²) in [6, 6.07) is 19.8. The van der Waals surface area contributed by atoms with E-state index in [0.29, 0.717) is 23.0 Å². The van der Waals surface area contributed by atoms with Gasteiger partial charge in [0.05, 0.1) is 34.4 Å². The molecule has 3 heterocycles. The Bertz CT molecular complexity index is 1920. The molecule has 242 valence electrons. The first-order chi connectivity index (χ1) is 21.0. The van der Waals surface area contributed by atoms with Crippen molar-refractivity contribution in [1.82, 2.24) is 15.0 Å². The van der Waals surface area contributed by atoms with E-state index in [1.54, 1.807) is 12.1 Å². The van der Waals surface area contributed by atoms with Crippen LogP contribution in [0.2, 0.25) is 0 Å². The van der Waals surface area contributed by atoms with Crippen molar-refractivity contribution in [3.05, 3.63) is 134 Å². The number of hydrogen-bond acceptors (Lipinski definition) is 4. The van der Waals surface area contributed by atoms with Crippen LogP contribution in [0.15, 0.2) is 83.7 Å². The highest BCUT2D eigenvalue weighted by Gasteiger charge is 2.33. The number of carboxylic acids is 1. The van der Waals surface area contributed by atoms with Gasteiger partial charge in [0, 0.05) is 1.43 Å². The number of aromatic amines is 1. The van der Waals surface area contributed by atoms with Crippen molar-refractivity contribution in [3.8, 4) is 11.3 Å². The highest BCUT2D eigenvalue weighted by molar-refractivity contribution is 5.88. The molecule has 5 aromatic rings. The number of benzene rings is 2. The topological polar surface area (TPSA) is 100 Å². The summed E-state index contributed by atoms with van der Waals surface area (Å²) >= 11 is 0. The summed E-state index contributed by atoms with van der Waals surface area (Å²) in [7, 11) is 0. The van der Waals surface area contributed by atoms with E-state index in [9.17, 15) is 35.9 Å². The molecule has 0 saturated carbocycles. The zero-order chi connectivity index (χ0) is 33.5. The molecular formula is C32H27F7N4O3. The minimum Gasteiger partial charge on any atom is -0.478 e. The molecule has 2 N–H and O–H groups in total. The van der Waals surface area contributed by atoms with Gasteiger partial charge in [-0.05, 0) is 56.7 Å². The van der Waals surface area contributed by atoms with Gasteiger partial charge >= 0.3 is 18.3 Å². The van der Waals surface area contributed by atoms with Crippen LogP contribution in [0.3, 0.4) is 0 Å². The van der Waals surface area contributed by atoms with Crippen LogP contribution < -0.4 is 5.56 Å². The lowest BCUT2D eigenvalue weighted by atomic mass is 10.1. The maximum absolute atomic E-state index is 12.7. The second-order valence-corrected chi connectivity index (χ2v) is 9.58. The van der Waals surface area contributed by atoms with Crippen LogP contribution >= 0.6 is 0 Å². The monoisotopic (exact) mass is 650 g/mol. The van der Waals surface area contributed by atoms with E-state index in [4.69, 9.17) is 11.7 Å². The fourth-order valence-corrected chi connectivity index (χ4v) is 3.75. The predicted molar refractivity (Wildman–Crippen MR) is 161 cm³/mol. The summed E-state index contributed by atoms with van der Waals surface area (Å²) in [5.41, 5.74) is 1.19. The van der Waals surface area contributed by atoms with Crippen LogP contribution in [0.1, 0.15) is 40.0 Å². The lowest BCUT2D eigenvalue weighted by Gasteiger charge is -2.08. The van der Waals surface area contributed by atoms with E-state index in [0.717, 1.165) is 23.8 Å². The second kappa shape index (κ2) is 14.9. The molecule has 0 aliphatic rings. The quantitative estimate of drug-likeness (QED) is 0.147. The molecule has 5 rings (SSSR count). The van der Waals surface area contributed by atoms with Crippen molar-refractivity contribution >= 4 is 22.6 Å². The minimum atomic E-state index is -4.54. The van der Waals surface area contributed by atoms with Gasteiger partial charge in [-0.2, -0.15) is 26.3 Å². The highest BCUT2D eigenvalue weighted by atomic mass is 19.4. The van der Waals surface area contributed by atoms with E-state index in [1.165, 1.54) is 18.6 Å². The molecule has 46 heavy (non-hydrogen) atoms. The molecule has 0 amide bonds. The van der Waals surface area contributed by atoms with Gasteiger partial charge in [-0.3, -0.25) is 9.50 Å². The van der Waals surface area contributed by atoms with Gasteiger partial charge in [0.2, 0.25) is 0 Å². The first-order valence-electron chi connectivity index (χ1n) is 12.9. The standard InChI is InChI=1S/C16H11F3N2O.C8H6F3NO2.C8H7N.FH.H2/c1-9-2-4-10(5-3-9)12-8-13-11(15(22)21-12)6-7-14(20-13)16(17,18)19;1-4-5(7(13)14)2-3-6(12-4)8(9,10)11;1-7-3-5-8(9-2)6-4-7;;/h2-8H,1H3,(H,21,22);2-3H,1H3,(H,13,14);3-6H,1H3;2*1H/i;;;;1+2. The normalized spacial score (nSPS) is 10.8. The first kappa shape index (κ1) is 36.6. The number of halogens is 7. The zero-order valence-electron chi connectivity index (χ0n) is 24.3. The SMILES string of the molecule is Cc1ccc(-c2cc3nc(C(F)(F)F)ccc3c(=O)[nH]2)cc1.Cc1nc(C(F)(F)F)ccc1C(=O)O.F.[3HH].[C-]#[N+]c1ccc(C)cc1. The molecule has 0 spiro atoms. The third kappa shape index (κ3) is 9.71. The number of aryl methyl sites for hydroxylation is 3. The Morgan fingerprint density at radius 3 is 1.78 bits per heavy atom. The molecule has 0 radical (unpaired) electrons. The van der Waals surface area contributed by atoms with Crippen molar-refractivity contribution in [2.75, 3.05) is 0 Å². The van der Waals surface area contributed by atoms with Gasteiger partial charge < -0.3 is 10.1 Å². The lowest BCUT2D eigenvalue weighted by Crippen LogP contribution is -2.12. The Morgan fingerprint density at radius 2 is 1.30 bits per heavy atom. The second-order valence-electron chi connectivity index (χ2n) is 9.58. The van der Waals surface area contributed by atoms with Crippen molar-refractivity contribution in [3.63, 3.8) is 0 Å². The van der Waals surface area contributed by atoms with Crippen molar-refractivity contribution < 1.29 is 42.4 Å². The largest absolute Gasteiger partial charge is 0.478 e. The van der Waals surface area contributed by atoms with Gasteiger partial charge in [0.15, 0.2) is 5.69 Å². The minimum absolute atomic E-state index is 0. The number of hydrogen-bond donors (Lipinski definition) is 2. The Balaban J connectivity index is 0.000000381. The van der Waals surface area contributed by atoms with E-state index in [-0.39, 0.29) is 28.3 Å². The number of nitrogens with one attached hydrogen (secondary N) is 1. The molecule has 0 aliphatic heterocycles. The molecule has 0 fully saturated rings. The van der Waals surface area contributed by atoms with Crippen molar-refractivity contribution in [1.29, 1.82) is 0 Å². The van der Waals surface area contributed by atoms with Crippen LogP contribution in [0.4, 0.5) is 36.7 Å². The molecule has 7 nitrogen and oxygen atoms in total. The van der Waals surface area contributed by atoms with Gasteiger partial charge in [-0.25, -0.2) is 19.6 Å². The van der Waals surface area contributed by atoms with Crippen LogP contribution in [0.5, 0.6) is 0 Å². The van der Waals surface area contributed by atoms with Gasteiger partial charge in [-0.15, -0.1) is 0 Å². The smallest absolute Gasteiger partial charge is 0.433 e. The molecule has 0 atom stereocenters. The molecule has 0 aliphatic carbocycles. The number of aromatic carboxylic acids is 1. The van der Waals surface area contributed by atoms with E-state index < -0.39 is 35.3 Å². The lowest BCUT2D eigenvalue weighted by molar-refractivity contribution is -0.141. The summed E-state index contributed by atoms with van der Waals surface area (Å²) in [5.74, 6) is -1.29. The highest BCUT2D eigenvalue weighted by Crippen LogP contribution is 2.30. The van der Waals surface area contributed by atoms with E-state index in [2.05, 4.69) is 19.8 Å². The summed E-state index contributed by atoms with van der Waals surface area (Å²) in [6.07, 6.45) is -9.08. The van der Waals surface area contributed by atoms with Crippen LogP contribution in [0.25, 0.3) is 27.0 Å². The fraction of sp³-hybridized carbons (Fsp3) is 0.156. The summed E-state index contributed by atoms with van der Waals surface area (Å²) in [5, 5.41) is 8.67. The van der Waals surface area contributed by atoms with Crippen LogP contribution in [0, 0.1) is 27.3 Å². The molecule has 3 aromatic heterocycles.